The largest absolute Gasteiger partial charge is 0.496 e. The number of amidine groups is 1. The molecule has 1 aliphatic heterocycles. The lowest BCUT2D eigenvalue weighted by molar-refractivity contribution is -0.181. The number of aromatic nitrogens is 4. The molecule has 3 N–H and O–H groups in total. The van der Waals surface area contributed by atoms with E-state index in [9.17, 15) is 13.2 Å². The van der Waals surface area contributed by atoms with Crippen LogP contribution in [0, 0.1) is 13.8 Å². The summed E-state index contributed by atoms with van der Waals surface area (Å²) in [6, 6.07) is 5.28. The molecule has 5 rings (SSSR count). The van der Waals surface area contributed by atoms with Gasteiger partial charge in [-0.25, -0.2) is 4.99 Å². The SMILES string of the molecule is COc1cc2c3c([nH]c2cc1-c1c(C)noc1C)NC(C)N=C3Nc1cc(C(C)(C)C(F)(F)F)nn1C. The van der Waals surface area contributed by atoms with Gasteiger partial charge in [-0.3, -0.25) is 4.68 Å². The van der Waals surface area contributed by atoms with Gasteiger partial charge in [0.1, 0.15) is 40.6 Å². The molecule has 1 unspecified atom stereocenters. The van der Waals surface area contributed by atoms with E-state index in [-0.39, 0.29) is 11.9 Å². The Kier molecular flexibility index (Phi) is 5.54. The number of nitrogens with zero attached hydrogens (tertiary/aromatic N) is 4. The summed E-state index contributed by atoms with van der Waals surface area (Å²) in [5.41, 5.74) is 1.80. The molecule has 4 aromatic rings. The minimum atomic E-state index is -4.45. The number of benzene rings is 1. The van der Waals surface area contributed by atoms with E-state index in [4.69, 9.17) is 14.3 Å². The minimum Gasteiger partial charge on any atom is -0.496 e. The van der Waals surface area contributed by atoms with Crippen LogP contribution < -0.4 is 15.4 Å². The third-order valence-electron chi connectivity index (χ3n) is 6.81. The van der Waals surface area contributed by atoms with Crippen LogP contribution in [0.4, 0.5) is 24.8 Å². The van der Waals surface area contributed by atoms with E-state index in [0.717, 1.165) is 53.0 Å². The highest BCUT2D eigenvalue weighted by Gasteiger charge is 2.50. The molecule has 9 nitrogen and oxygen atoms in total. The molecule has 0 aliphatic carbocycles. The number of aromatic amines is 1. The quantitative estimate of drug-likeness (QED) is 0.324. The molecule has 0 radical (unpaired) electrons. The number of aliphatic imine (C=N–C) groups is 1. The Balaban J connectivity index is 1.61. The smallest absolute Gasteiger partial charge is 0.399 e. The first-order valence-electron chi connectivity index (χ1n) is 11.7. The average Bonchev–Trinajstić information content (AvgIpc) is 3.46. The van der Waals surface area contributed by atoms with Crippen LogP contribution in [0.1, 0.15) is 43.5 Å². The van der Waals surface area contributed by atoms with Gasteiger partial charge in [0.2, 0.25) is 0 Å². The lowest BCUT2D eigenvalue weighted by Gasteiger charge is -2.25. The highest BCUT2D eigenvalue weighted by Crippen LogP contribution is 2.42. The number of alkyl halides is 3. The van der Waals surface area contributed by atoms with Crippen LogP contribution >= 0.6 is 0 Å². The molecular weight excluding hydrogens is 487 g/mol. The van der Waals surface area contributed by atoms with Crippen molar-refractivity contribution < 1.29 is 22.4 Å². The third kappa shape index (κ3) is 3.91. The van der Waals surface area contributed by atoms with Crippen LogP contribution in [0.2, 0.25) is 0 Å². The molecule has 1 atom stereocenters. The van der Waals surface area contributed by atoms with E-state index in [1.54, 1.807) is 14.2 Å². The summed E-state index contributed by atoms with van der Waals surface area (Å²) in [4.78, 5) is 8.11. The zero-order chi connectivity index (χ0) is 26.9. The Morgan fingerprint density at radius 3 is 2.49 bits per heavy atom. The van der Waals surface area contributed by atoms with E-state index < -0.39 is 11.6 Å². The van der Waals surface area contributed by atoms with E-state index >= 15 is 0 Å². The van der Waals surface area contributed by atoms with Crippen LogP contribution in [-0.4, -0.2) is 45.2 Å². The van der Waals surface area contributed by atoms with E-state index in [0.29, 0.717) is 23.2 Å². The van der Waals surface area contributed by atoms with Gasteiger partial charge in [0.15, 0.2) is 0 Å². The van der Waals surface area contributed by atoms with Crippen LogP contribution in [0.25, 0.3) is 22.0 Å². The van der Waals surface area contributed by atoms with Crippen LogP contribution in [0.15, 0.2) is 27.7 Å². The molecular formula is C25H28F3N7O2. The molecule has 0 saturated heterocycles. The van der Waals surface area contributed by atoms with E-state index in [2.05, 4.69) is 25.9 Å². The second-order valence-corrected chi connectivity index (χ2v) is 9.76. The van der Waals surface area contributed by atoms with Gasteiger partial charge in [0.05, 0.1) is 29.6 Å². The molecule has 12 heteroatoms. The molecule has 3 aromatic heterocycles. The Hall–Kier alpha value is -3.96. The fraction of sp³-hybridized carbons (Fsp3) is 0.400. The number of anilines is 2. The van der Waals surface area contributed by atoms with Gasteiger partial charge in [-0.05, 0) is 46.8 Å². The Morgan fingerprint density at radius 2 is 1.86 bits per heavy atom. The van der Waals surface area contributed by atoms with Crippen molar-refractivity contribution in [3.63, 3.8) is 0 Å². The number of rotatable bonds is 4. The second-order valence-electron chi connectivity index (χ2n) is 9.76. The molecule has 1 aromatic carbocycles. The number of hydrogen-bond donors (Lipinski definition) is 3. The summed E-state index contributed by atoms with van der Waals surface area (Å²) < 4.78 is 53.4. The molecule has 37 heavy (non-hydrogen) atoms. The Bertz CT molecular complexity index is 1520. The van der Waals surface area contributed by atoms with E-state index in [1.165, 1.54) is 10.7 Å². The number of halogens is 3. The molecule has 196 valence electrons. The Labute approximate surface area is 211 Å². The van der Waals surface area contributed by atoms with Crippen molar-refractivity contribution in [1.82, 2.24) is 19.9 Å². The van der Waals surface area contributed by atoms with Gasteiger partial charge in [-0.1, -0.05) is 5.16 Å². The maximum Gasteiger partial charge on any atom is 0.399 e. The van der Waals surface area contributed by atoms with Crippen molar-refractivity contribution in [2.75, 3.05) is 17.7 Å². The van der Waals surface area contributed by atoms with Crippen molar-refractivity contribution in [3.05, 3.63) is 40.9 Å². The predicted octanol–water partition coefficient (Wildman–Crippen LogP) is 5.65. The van der Waals surface area contributed by atoms with Gasteiger partial charge in [0.25, 0.3) is 0 Å². The third-order valence-corrected chi connectivity index (χ3v) is 6.81. The second kappa shape index (κ2) is 8.29. The van der Waals surface area contributed by atoms with Gasteiger partial charge in [-0.2, -0.15) is 18.3 Å². The summed E-state index contributed by atoms with van der Waals surface area (Å²) in [5.74, 6) is 2.92. The van der Waals surface area contributed by atoms with Gasteiger partial charge in [-0.15, -0.1) is 0 Å². The Morgan fingerprint density at radius 1 is 1.14 bits per heavy atom. The first-order chi connectivity index (χ1) is 17.3. The number of methoxy groups -OCH3 is 1. The van der Waals surface area contributed by atoms with Crippen molar-refractivity contribution >= 4 is 28.4 Å². The summed E-state index contributed by atoms with van der Waals surface area (Å²) >= 11 is 0. The molecule has 4 heterocycles. The van der Waals surface area contributed by atoms with Crippen molar-refractivity contribution in [2.45, 2.75) is 52.4 Å². The number of hydrogen-bond acceptors (Lipinski definition) is 7. The molecule has 0 spiro atoms. The van der Waals surface area contributed by atoms with Gasteiger partial charge >= 0.3 is 6.18 Å². The number of fused-ring (bicyclic) bond motifs is 3. The summed E-state index contributed by atoms with van der Waals surface area (Å²) in [7, 11) is 3.19. The zero-order valence-electron chi connectivity index (χ0n) is 21.5. The van der Waals surface area contributed by atoms with E-state index in [1.807, 2.05) is 32.9 Å². The molecule has 0 bridgehead atoms. The normalized spacial score (nSPS) is 15.9. The van der Waals surface area contributed by atoms with Gasteiger partial charge < -0.3 is 24.9 Å². The fourth-order valence-electron chi connectivity index (χ4n) is 4.56. The molecule has 1 aliphatic rings. The lowest BCUT2D eigenvalue weighted by Crippen LogP contribution is -2.36. The van der Waals surface area contributed by atoms with Crippen molar-refractivity contribution in [1.29, 1.82) is 0 Å². The predicted molar refractivity (Wildman–Crippen MR) is 135 cm³/mol. The average molecular weight is 516 g/mol. The lowest BCUT2D eigenvalue weighted by atomic mass is 9.89. The topological polar surface area (TPSA) is 105 Å². The summed E-state index contributed by atoms with van der Waals surface area (Å²) in [5, 5.41) is 15.6. The van der Waals surface area contributed by atoms with Crippen LogP contribution in [-0.2, 0) is 12.5 Å². The minimum absolute atomic E-state index is 0.0856. The van der Waals surface area contributed by atoms with Crippen LogP contribution in [0.3, 0.4) is 0 Å². The maximum atomic E-state index is 13.6. The standard InChI is InChI=1S/C25H28F3N7O2/c1-11-20(12(2)37-34-11)15-8-16-14(9-17(15)36-7)21-22(31-16)29-13(3)30-23(21)32-19-10-18(33-35(19)6)24(4,5)25(26,27)28/h8-10,13,29,31H,1-7H3,(H,30,32). The summed E-state index contributed by atoms with van der Waals surface area (Å²) in [6.45, 7) is 7.83. The molecule has 0 saturated carbocycles. The summed E-state index contributed by atoms with van der Waals surface area (Å²) in [6.07, 6.45) is -4.73. The highest BCUT2D eigenvalue weighted by atomic mass is 19.4. The maximum absolute atomic E-state index is 13.6. The van der Waals surface area contributed by atoms with Crippen molar-refractivity contribution in [3.8, 4) is 16.9 Å². The number of H-pyrrole nitrogens is 1. The van der Waals surface area contributed by atoms with Crippen molar-refractivity contribution in [2.24, 2.45) is 12.0 Å². The fourth-order valence-corrected chi connectivity index (χ4v) is 4.56. The molecule has 0 amide bonds. The monoisotopic (exact) mass is 515 g/mol. The van der Waals surface area contributed by atoms with Gasteiger partial charge in [0, 0.05) is 29.6 Å². The number of aryl methyl sites for hydroxylation is 3. The highest BCUT2D eigenvalue weighted by molar-refractivity contribution is 6.20. The first kappa shape index (κ1) is 24.7. The zero-order valence-corrected chi connectivity index (χ0v) is 21.5. The molecule has 0 fully saturated rings. The first-order valence-corrected chi connectivity index (χ1v) is 11.7. The number of nitrogens with one attached hydrogen (secondary N) is 3. The number of ether oxygens (including phenoxy) is 1. The van der Waals surface area contributed by atoms with Crippen LogP contribution in [0.5, 0.6) is 5.75 Å².